The second-order valence-corrected chi connectivity index (χ2v) is 6.90. The van der Waals surface area contributed by atoms with E-state index < -0.39 is 0 Å². The fourth-order valence-electron chi connectivity index (χ4n) is 2.66. The average molecular weight is 410 g/mol. The van der Waals surface area contributed by atoms with E-state index in [0.29, 0.717) is 35.1 Å². The highest BCUT2D eigenvalue weighted by atomic mass is 32.2. The topological polar surface area (TPSA) is 112 Å². The molecule has 0 atom stereocenters. The number of nitrogens with zero attached hydrogens (tertiary/aromatic N) is 5. The summed E-state index contributed by atoms with van der Waals surface area (Å²) in [6.07, 6.45) is 1.46. The minimum atomic E-state index is -0.297. The van der Waals surface area contributed by atoms with Crippen LogP contribution in [-0.2, 0) is 18.8 Å². The van der Waals surface area contributed by atoms with Crippen LogP contribution < -0.4 is 5.32 Å². The number of aromatic nitrogens is 5. The van der Waals surface area contributed by atoms with Crippen molar-refractivity contribution in [1.82, 2.24) is 30.3 Å². The van der Waals surface area contributed by atoms with Gasteiger partial charge < -0.3 is 18.7 Å². The Labute approximate surface area is 170 Å². The molecule has 0 spiro atoms. The molecule has 0 unspecified atom stereocenters. The standard InChI is InChI=1S/C19H18N6O3S/c1-2-25-15(11-20-17(26)14-9-6-10-27-14)21-24-19(25)29-12-16-22-23-18(28-16)13-7-4-3-5-8-13/h3-10H,2,11-12H2,1H3,(H,20,26). The third-order valence-electron chi connectivity index (χ3n) is 4.07. The van der Waals surface area contributed by atoms with Crippen LogP contribution in [0.2, 0.25) is 0 Å². The minimum absolute atomic E-state index is 0.250. The van der Waals surface area contributed by atoms with Crippen molar-refractivity contribution in [3.63, 3.8) is 0 Å². The first-order valence-corrected chi connectivity index (χ1v) is 9.97. The number of thioether (sulfide) groups is 1. The van der Waals surface area contributed by atoms with Crippen LogP contribution in [0.25, 0.3) is 11.5 Å². The second-order valence-electron chi connectivity index (χ2n) is 5.96. The molecule has 0 saturated heterocycles. The largest absolute Gasteiger partial charge is 0.459 e. The maximum absolute atomic E-state index is 12.0. The smallest absolute Gasteiger partial charge is 0.287 e. The lowest BCUT2D eigenvalue weighted by atomic mass is 10.2. The molecule has 4 rings (SSSR count). The first kappa shape index (κ1) is 18.9. The van der Waals surface area contributed by atoms with Gasteiger partial charge >= 0.3 is 0 Å². The monoisotopic (exact) mass is 410 g/mol. The fraction of sp³-hybridized carbons (Fsp3) is 0.211. The van der Waals surface area contributed by atoms with E-state index in [-0.39, 0.29) is 18.2 Å². The Morgan fingerprint density at radius 3 is 2.72 bits per heavy atom. The SMILES string of the molecule is CCn1c(CNC(=O)c2ccco2)nnc1SCc1nnc(-c2ccccc2)o1. The van der Waals surface area contributed by atoms with Gasteiger partial charge in [0.25, 0.3) is 5.91 Å². The molecular formula is C19H18N6O3S. The van der Waals surface area contributed by atoms with E-state index >= 15 is 0 Å². The zero-order valence-corrected chi connectivity index (χ0v) is 16.4. The molecule has 3 aromatic heterocycles. The molecule has 29 heavy (non-hydrogen) atoms. The molecule has 1 aromatic carbocycles. The van der Waals surface area contributed by atoms with Crippen LogP contribution in [0.3, 0.4) is 0 Å². The zero-order chi connectivity index (χ0) is 20.1. The molecule has 0 radical (unpaired) electrons. The van der Waals surface area contributed by atoms with Crippen LogP contribution in [0.15, 0.2) is 62.7 Å². The molecular weight excluding hydrogens is 392 g/mol. The highest BCUT2D eigenvalue weighted by Crippen LogP contribution is 2.24. The summed E-state index contributed by atoms with van der Waals surface area (Å²) in [5.41, 5.74) is 0.877. The summed E-state index contributed by atoms with van der Waals surface area (Å²) in [7, 11) is 0. The molecule has 0 aliphatic heterocycles. The van der Waals surface area contributed by atoms with Gasteiger partial charge in [0.05, 0.1) is 18.6 Å². The van der Waals surface area contributed by atoms with Crippen molar-refractivity contribution >= 4 is 17.7 Å². The van der Waals surface area contributed by atoms with Crippen molar-refractivity contribution in [3.8, 4) is 11.5 Å². The molecule has 0 aliphatic rings. The van der Waals surface area contributed by atoms with Crippen LogP contribution >= 0.6 is 11.8 Å². The number of furan rings is 1. The summed E-state index contributed by atoms with van der Waals surface area (Å²) in [5, 5.41) is 20.1. The van der Waals surface area contributed by atoms with Crippen LogP contribution in [0.5, 0.6) is 0 Å². The van der Waals surface area contributed by atoms with Crippen LogP contribution in [-0.4, -0.2) is 30.9 Å². The number of carbonyl (C=O) groups excluding carboxylic acids is 1. The molecule has 1 amide bonds. The molecule has 0 saturated carbocycles. The first-order chi connectivity index (χ1) is 14.2. The Bertz CT molecular complexity index is 1070. The van der Waals surface area contributed by atoms with Gasteiger partial charge in [-0.2, -0.15) is 0 Å². The maximum Gasteiger partial charge on any atom is 0.287 e. The second kappa shape index (κ2) is 8.74. The summed E-state index contributed by atoms with van der Waals surface area (Å²) in [5.74, 6) is 2.08. The van der Waals surface area contributed by atoms with E-state index in [1.54, 1.807) is 12.1 Å². The molecule has 10 heteroatoms. The van der Waals surface area contributed by atoms with Crippen LogP contribution in [0, 0.1) is 0 Å². The maximum atomic E-state index is 12.0. The Hall–Kier alpha value is -3.40. The van der Waals surface area contributed by atoms with Crippen LogP contribution in [0.1, 0.15) is 29.2 Å². The van der Waals surface area contributed by atoms with Gasteiger partial charge in [0.15, 0.2) is 16.7 Å². The summed E-state index contributed by atoms with van der Waals surface area (Å²) < 4.78 is 12.7. The van der Waals surface area contributed by atoms with E-state index in [2.05, 4.69) is 25.7 Å². The highest BCUT2D eigenvalue weighted by molar-refractivity contribution is 7.98. The number of rotatable bonds is 8. The van der Waals surface area contributed by atoms with Gasteiger partial charge in [-0.25, -0.2) is 0 Å². The average Bonchev–Trinajstić information content (AvgIpc) is 3.52. The number of amides is 1. The highest BCUT2D eigenvalue weighted by Gasteiger charge is 2.16. The number of nitrogens with one attached hydrogen (secondary N) is 1. The van der Waals surface area contributed by atoms with Gasteiger partial charge in [0.1, 0.15) is 0 Å². The Morgan fingerprint density at radius 2 is 1.97 bits per heavy atom. The molecule has 1 N–H and O–H groups in total. The zero-order valence-electron chi connectivity index (χ0n) is 15.6. The lowest BCUT2D eigenvalue weighted by molar-refractivity contribution is 0.0921. The van der Waals surface area contributed by atoms with Gasteiger partial charge in [-0.3, -0.25) is 4.79 Å². The number of hydrogen-bond donors (Lipinski definition) is 1. The Balaban J connectivity index is 1.38. The van der Waals surface area contributed by atoms with Crippen LogP contribution in [0.4, 0.5) is 0 Å². The van der Waals surface area contributed by atoms with Gasteiger partial charge in [-0.1, -0.05) is 30.0 Å². The third-order valence-corrected chi connectivity index (χ3v) is 5.03. The predicted octanol–water partition coefficient (Wildman–Crippen LogP) is 3.16. The van der Waals surface area contributed by atoms with Crippen molar-refractivity contribution < 1.29 is 13.6 Å². The summed E-state index contributed by atoms with van der Waals surface area (Å²) in [4.78, 5) is 12.0. The van der Waals surface area contributed by atoms with E-state index in [4.69, 9.17) is 8.83 Å². The molecule has 4 aromatic rings. The van der Waals surface area contributed by atoms with Gasteiger partial charge in [-0.15, -0.1) is 20.4 Å². The quantitative estimate of drug-likeness (QED) is 0.441. The lowest BCUT2D eigenvalue weighted by Gasteiger charge is -2.07. The summed E-state index contributed by atoms with van der Waals surface area (Å²) in [6, 6.07) is 12.9. The molecule has 0 aliphatic carbocycles. The van der Waals surface area contributed by atoms with Gasteiger partial charge in [0.2, 0.25) is 11.8 Å². The van der Waals surface area contributed by atoms with Gasteiger partial charge in [-0.05, 0) is 31.2 Å². The fourth-order valence-corrected chi connectivity index (χ4v) is 3.52. The minimum Gasteiger partial charge on any atom is -0.459 e. The lowest BCUT2D eigenvalue weighted by Crippen LogP contribution is -2.24. The normalized spacial score (nSPS) is 10.9. The number of hydrogen-bond acceptors (Lipinski definition) is 8. The summed E-state index contributed by atoms with van der Waals surface area (Å²) in [6.45, 7) is 2.91. The van der Waals surface area contributed by atoms with Gasteiger partial charge in [0, 0.05) is 12.1 Å². The van der Waals surface area contributed by atoms with Crippen molar-refractivity contribution in [1.29, 1.82) is 0 Å². The van der Waals surface area contributed by atoms with E-state index in [0.717, 1.165) is 5.56 Å². The molecule has 0 bridgehead atoms. The Kier molecular flexibility index (Phi) is 5.71. The molecule has 148 valence electrons. The number of carbonyl (C=O) groups is 1. The predicted molar refractivity (Wildman–Crippen MR) is 105 cm³/mol. The van der Waals surface area contributed by atoms with Crippen molar-refractivity contribution in [2.45, 2.75) is 30.9 Å². The van der Waals surface area contributed by atoms with E-state index in [1.807, 2.05) is 41.8 Å². The van der Waals surface area contributed by atoms with Crippen molar-refractivity contribution in [3.05, 3.63) is 66.2 Å². The first-order valence-electron chi connectivity index (χ1n) is 8.99. The van der Waals surface area contributed by atoms with Crippen molar-refractivity contribution in [2.24, 2.45) is 0 Å². The summed E-state index contributed by atoms with van der Waals surface area (Å²) >= 11 is 1.45. The molecule has 3 heterocycles. The molecule has 9 nitrogen and oxygen atoms in total. The Morgan fingerprint density at radius 1 is 1.10 bits per heavy atom. The third kappa shape index (κ3) is 4.37. The van der Waals surface area contributed by atoms with Crippen molar-refractivity contribution in [2.75, 3.05) is 0 Å². The molecule has 0 fully saturated rings. The number of benzene rings is 1. The van der Waals surface area contributed by atoms with E-state index in [9.17, 15) is 4.79 Å². The van der Waals surface area contributed by atoms with E-state index in [1.165, 1.54) is 18.0 Å².